The standard InChI is InChI=1S/C15H26N2O3S/c1-11(13-7-5-4-6-8-13)17-21(18,19)15-9-14(10-16-3)20-12(15)2/h9,11,13,16-17H,4-8,10H2,1-3H3. The molecule has 0 saturated heterocycles. The van der Waals surface area contributed by atoms with Gasteiger partial charge in [-0.05, 0) is 39.7 Å². The quantitative estimate of drug-likeness (QED) is 0.846. The van der Waals surface area contributed by atoms with E-state index in [0.29, 0.717) is 24.0 Å². The molecule has 1 saturated carbocycles. The Kier molecular flexibility index (Phi) is 5.46. The Morgan fingerprint density at radius 2 is 2.00 bits per heavy atom. The van der Waals surface area contributed by atoms with Crippen molar-refractivity contribution in [2.45, 2.75) is 63.4 Å². The van der Waals surface area contributed by atoms with E-state index in [0.717, 1.165) is 12.8 Å². The zero-order valence-corrected chi connectivity index (χ0v) is 13.9. The van der Waals surface area contributed by atoms with Gasteiger partial charge in [0.05, 0.1) is 6.54 Å². The second-order valence-electron chi connectivity index (χ2n) is 5.97. The van der Waals surface area contributed by atoms with E-state index in [4.69, 9.17) is 4.42 Å². The first kappa shape index (κ1) is 16.5. The fourth-order valence-electron chi connectivity index (χ4n) is 3.09. The maximum absolute atomic E-state index is 12.5. The first-order valence-corrected chi connectivity index (χ1v) is 9.18. The second kappa shape index (κ2) is 6.94. The minimum Gasteiger partial charge on any atom is -0.464 e. The molecule has 1 aliphatic carbocycles. The van der Waals surface area contributed by atoms with Gasteiger partial charge in [-0.15, -0.1) is 0 Å². The van der Waals surface area contributed by atoms with Crippen LogP contribution in [0.2, 0.25) is 0 Å². The number of hydrogen-bond donors (Lipinski definition) is 2. The average molecular weight is 314 g/mol. The molecule has 0 spiro atoms. The smallest absolute Gasteiger partial charge is 0.244 e. The van der Waals surface area contributed by atoms with Gasteiger partial charge in [0.25, 0.3) is 0 Å². The van der Waals surface area contributed by atoms with Crippen molar-refractivity contribution in [2.75, 3.05) is 7.05 Å². The zero-order valence-electron chi connectivity index (χ0n) is 13.1. The normalized spacial score (nSPS) is 18.8. The number of sulfonamides is 1. The number of hydrogen-bond acceptors (Lipinski definition) is 4. The van der Waals surface area contributed by atoms with Crippen LogP contribution in [0.25, 0.3) is 0 Å². The summed E-state index contributed by atoms with van der Waals surface area (Å²) in [7, 11) is -1.71. The third kappa shape index (κ3) is 4.08. The molecule has 21 heavy (non-hydrogen) atoms. The molecule has 5 nitrogen and oxygen atoms in total. The van der Waals surface area contributed by atoms with Gasteiger partial charge in [0.1, 0.15) is 16.4 Å². The predicted octanol–water partition coefficient (Wildman–Crippen LogP) is 2.55. The lowest BCUT2D eigenvalue weighted by atomic mass is 9.85. The van der Waals surface area contributed by atoms with Crippen LogP contribution in [0.4, 0.5) is 0 Å². The zero-order chi connectivity index (χ0) is 15.5. The van der Waals surface area contributed by atoms with Crippen LogP contribution in [-0.2, 0) is 16.6 Å². The summed E-state index contributed by atoms with van der Waals surface area (Å²) in [6.07, 6.45) is 5.89. The molecule has 1 unspecified atom stereocenters. The Labute approximate surface area is 127 Å². The second-order valence-corrected chi connectivity index (χ2v) is 7.65. The van der Waals surface area contributed by atoms with Crippen molar-refractivity contribution in [3.05, 3.63) is 17.6 Å². The summed E-state index contributed by atoms with van der Waals surface area (Å²) >= 11 is 0. The molecule has 1 aromatic rings. The molecule has 0 amide bonds. The molecule has 1 aromatic heterocycles. The third-order valence-electron chi connectivity index (χ3n) is 4.26. The number of nitrogens with one attached hydrogen (secondary N) is 2. The maximum Gasteiger partial charge on any atom is 0.244 e. The summed E-state index contributed by atoms with van der Waals surface area (Å²) in [5.41, 5.74) is 0. The van der Waals surface area contributed by atoms with Crippen molar-refractivity contribution in [1.82, 2.24) is 10.0 Å². The monoisotopic (exact) mass is 314 g/mol. The lowest BCUT2D eigenvalue weighted by Crippen LogP contribution is -2.38. The van der Waals surface area contributed by atoms with E-state index < -0.39 is 10.0 Å². The van der Waals surface area contributed by atoms with Gasteiger partial charge in [-0.25, -0.2) is 13.1 Å². The van der Waals surface area contributed by atoms with Gasteiger partial charge < -0.3 is 9.73 Å². The fourth-order valence-corrected chi connectivity index (χ4v) is 4.61. The molecule has 0 aromatic carbocycles. The molecular formula is C15H26N2O3S. The van der Waals surface area contributed by atoms with E-state index >= 15 is 0 Å². The van der Waals surface area contributed by atoms with E-state index in [1.807, 2.05) is 6.92 Å². The van der Waals surface area contributed by atoms with Crippen molar-refractivity contribution < 1.29 is 12.8 Å². The molecule has 2 N–H and O–H groups in total. The highest BCUT2D eigenvalue weighted by molar-refractivity contribution is 7.89. The number of aryl methyl sites for hydroxylation is 1. The highest BCUT2D eigenvalue weighted by atomic mass is 32.2. The summed E-state index contributed by atoms with van der Waals surface area (Å²) in [5.74, 6) is 1.53. The van der Waals surface area contributed by atoms with Crippen molar-refractivity contribution in [1.29, 1.82) is 0 Å². The van der Waals surface area contributed by atoms with E-state index in [2.05, 4.69) is 10.0 Å². The predicted molar refractivity (Wildman–Crippen MR) is 82.6 cm³/mol. The first-order valence-electron chi connectivity index (χ1n) is 7.70. The fraction of sp³-hybridized carbons (Fsp3) is 0.733. The number of furan rings is 1. The molecule has 0 aliphatic heterocycles. The lowest BCUT2D eigenvalue weighted by molar-refractivity contribution is 0.303. The summed E-state index contributed by atoms with van der Waals surface area (Å²) in [5, 5.41) is 2.96. The van der Waals surface area contributed by atoms with Gasteiger partial charge >= 0.3 is 0 Å². The third-order valence-corrected chi connectivity index (χ3v) is 5.93. The van der Waals surface area contributed by atoms with Crippen molar-refractivity contribution in [2.24, 2.45) is 5.92 Å². The van der Waals surface area contributed by atoms with Crippen molar-refractivity contribution in [3.8, 4) is 0 Å². The minimum atomic E-state index is -3.51. The Morgan fingerprint density at radius 1 is 1.33 bits per heavy atom. The summed E-state index contributed by atoms with van der Waals surface area (Å²) in [6.45, 7) is 4.19. The number of rotatable bonds is 6. The Hall–Kier alpha value is -0.850. The van der Waals surface area contributed by atoms with E-state index in [1.54, 1.807) is 20.0 Å². The van der Waals surface area contributed by atoms with Crippen LogP contribution in [0.3, 0.4) is 0 Å². The van der Waals surface area contributed by atoms with Gasteiger partial charge in [-0.1, -0.05) is 19.3 Å². The highest BCUT2D eigenvalue weighted by Crippen LogP contribution is 2.28. The van der Waals surface area contributed by atoms with E-state index in [9.17, 15) is 8.42 Å². The molecule has 6 heteroatoms. The molecule has 1 fully saturated rings. The Balaban J connectivity index is 2.10. The topological polar surface area (TPSA) is 71.3 Å². The van der Waals surface area contributed by atoms with Gasteiger partial charge in [0.15, 0.2) is 0 Å². The van der Waals surface area contributed by atoms with Crippen LogP contribution >= 0.6 is 0 Å². The van der Waals surface area contributed by atoms with Crippen LogP contribution in [0, 0.1) is 12.8 Å². The van der Waals surface area contributed by atoms with Crippen molar-refractivity contribution >= 4 is 10.0 Å². The summed E-state index contributed by atoms with van der Waals surface area (Å²) < 4.78 is 33.4. The molecule has 0 bridgehead atoms. The minimum absolute atomic E-state index is 0.0302. The van der Waals surface area contributed by atoms with Crippen LogP contribution in [0.15, 0.2) is 15.4 Å². The van der Waals surface area contributed by atoms with Crippen LogP contribution in [0.1, 0.15) is 50.5 Å². The largest absolute Gasteiger partial charge is 0.464 e. The van der Waals surface area contributed by atoms with Gasteiger partial charge in [0, 0.05) is 12.1 Å². The van der Waals surface area contributed by atoms with Crippen LogP contribution < -0.4 is 10.0 Å². The average Bonchev–Trinajstić information content (AvgIpc) is 2.81. The molecule has 2 rings (SSSR count). The molecule has 1 heterocycles. The Bertz CT molecular complexity index is 559. The van der Waals surface area contributed by atoms with E-state index in [-0.39, 0.29) is 10.9 Å². The van der Waals surface area contributed by atoms with E-state index in [1.165, 1.54) is 19.3 Å². The van der Waals surface area contributed by atoms with Crippen LogP contribution in [0.5, 0.6) is 0 Å². The van der Waals surface area contributed by atoms with Gasteiger partial charge in [-0.2, -0.15) is 0 Å². The highest BCUT2D eigenvalue weighted by Gasteiger charge is 2.27. The summed E-state index contributed by atoms with van der Waals surface area (Å²) in [4.78, 5) is 0.260. The lowest BCUT2D eigenvalue weighted by Gasteiger charge is -2.27. The SMILES string of the molecule is CNCc1cc(S(=O)(=O)NC(C)C2CCCCC2)c(C)o1. The first-order chi connectivity index (χ1) is 9.94. The van der Waals surface area contributed by atoms with Crippen LogP contribution in [-0.4, -0.2) is 21.5 Å². The Morgan fingerprint density at radius 3 is 2.62 bits per heavy atom. The molecular weight excluding hydrogens is 288 g/mol. The molecule has 120 valence electrons. The van der Waals surface area contributed by atoms with Gasteiger partial charge in [-0.3, -0.25) is 0 Å². The maximum atomic E-state index is 12.5. The van der Waals surface area contributed by atoms with Gasteiger partial charge in [0.2, 0.25) is 10.0 Å². The molecule has 1 aliphatic rings. The molecule has 0 radical (unpaired) electrons. The molecule has 1 atom stereocenters. The summed E-state index contributed by atoms with van der Waals surface area (Å²) in [6, 6.07) is 1.58. The van der Waals surface area contributed by atoms with Crippen molar-refractivity contribution in [3.63, 3.8) is 0 Å².